The molecule has 0 bridgehead atoms. The molecular formula is C16H26N2O2. The molecule has 1 aromatic rings. The van der Waals surface area contributed by atoms with Crippen LogP contribution >= 0.6 is 0 Å². The van der Waals surface area contributed by atoms with Crippen LogP contribution < -0.4 is 10.1 Å². The third-order valence-electron chi connectivity index (χ3n) is 3.49. The first-order valence-electron chi connectivity index (χ1n) is 7.04. The Hall–Kier alpha value is -1.55. The average Bonchev–Trinajstić information content (AvgIpc) is 2.42. The number of hydrogen-bond acceptors (Lipinski definition) is 3. The molecule has 0 radical (unpaired) electrons. The van der Waals surface area contributed by atoms with E-state index in [1.54, 1.807) is 0 Å². The molecule has 0 aliphatic rings. The zero-order chi connectivity index (χ0) is 15.0. The smallest absolute Gasteiger partial charge is 0.220 e. The van der Waals surface area contributed by atoms with Gasteiger partial charge in [0.25, 0.3) is 0 Å². The van der Waals surface area contributed by atoms with Crippen molar-refractivity contribution < 1.29 is 9.53 Å². The highest BCUT2D eigenvalue weighted by molar-refractivity contribution is 5.75. The number of amides is 1. The van der Waals surface area contributed by atoms with Gasteiger partial charge in [0, 0.05) is 18.5 Å². The fourth-order valence-electron chi connectivity index (χ4n) is 1.50. The minimum Gasteiger partial charge on any atom is -0.494 e. The first-order valence-corrected chi connectivity index (χ1v) is 7.04. The van der Waals surface area contributed by atoms with Crippen LogP contribution in [0.3, 0.4) is 0 Å². The standard InChI is InChI=1S/C16H26N2O2/c1-16(2,18(3)4)13-17-15(19)11-8-12-20-14-9-6-5-7-10-14/h5-7,9-10H,8,11-13H2,1-4H3,(H,17,19). The monoisotopic (exact) mass is 278 g/mol. The molecule has 0 saturated carbocycles. The molecule has 0 aliphatic heterocycles. The van der Waals surface area contributed by atoms with Crippen LogP contribution in [0.15, 0.2) is 30.3 Å². The van der Waals surface area contributed by atoms with Crippen LogP contribution in [0.1, 0.15) is 26.7 Å². The van der Waals surface area contributed by atoms with Gasteiger partial charge in [-0.05, 0) is 46.5 Å². The van der Waals surface area contributed by atoms with Crippen LogP contribution in [0.25, 0.3) is 0 Å². The molecule has 0 unspecified atom stereocenters. The van der Waals surface area contributed by atoms with E-state index in [-0.39, 0.29) is 11.4 Å². The summed E-state index contributed by atoms with van der Waals surface area (Å²) in [6.07, 6.45) is 1.22. The van der Waals surface area contributed by atoms with Crippen molar-refractivity contribution in [1.29, 1.82) is 0 Å². The van der Waals surface area contributed by atoms with Crippen molar-refractivity contribution in [3.63, 3.8) is 0 Å². The molecule has 4 nitrogen and oxygen atoms in total. The molecule has 0 aliphatic carbocycles. The predicted molar refractivity (Wildman–Crippen MR) is 81.9 cm³/mol. The third kappa shape index (κ3) is 6.06. The third-order valence-corrected chi connectivity index (χ3v) is 3.49. The lowest BCUT2D eigenvalue weighted by atomic mass is 10.0. The number of rotatable bonds is 8. The summed E-state index contributed by atoms with van der Waals surface area (Å²) in [5.41, 5.74) is -0.0315. The second kappa shape index (κ2) is 7.90. The molecule has 0 atom stereocenters. The number of carbonyl (C=O) groups excluding carboxylic acids is 1. The van der Waals surface area contributed by atoms with Crippen LogP contribution in [-0.4, -0.2) is 43.6 Å². The van der Waals surface area contributed by atoms with Crippen molar-refractivity contribution in [1.82, 2.24) is 10.2 Å². The molecule has 0 spiro atoms. The van der Waals surface area contributed by atoms with Gasteiger partial charge in [-0.1, -0.05) is 18.2 Å². The lowest BCUT2D eigenvalue weighted by Crippen LogP contribution is -2.48. The molecular weight excluding hydrogens is 252 g/mol. The van der Waals surface area contributed by atoms with Crippen LogP contribution in [0.5, 0.6) is 5.75 Å². The molecule has 112 valence electrons. The maximum Gasteiger partial charge on any atom is 0.220 e. The molecule has 1 amide bonds. The maximum absolute atomic E-state index is 11.7. The number of hydrogen-bond donors (Lipinski definition) is 1. The Morgan fingerprint density at radius 3 is 2.50 bits per heavy atom. The van der Waals surface area contributed by atoms with E-state index in [0.29, 0.717) is 19.6 Å². The first kappa shape index (κ1) is 16.5. The minimum atomic E-state index is -0.0315. The number of carbonyl (C=O) groups is 1. The molecule has 0 aromatic heterocycles. The van der Waals surface area contributed by atoms with Gasteiger partial charge in [-0.2, -0.15) is 0 Å². The summed E-state index contributed by atoms with van der Waals surface area (Å²) >= 11 is 0. The zero-order valence-corrected chi connectivity index (χ0v) is 13.0. The summed E-state index contributed by atoms with van der Waals surface area (Å²) in [7, 11) is 4.03. The molecule has 1 rings (SSSR count). The van der Waals surface area contributed by atoms with E-state index < -0.39 is 0 Å². The maximum atomic E-state index is 11.7. The summed E-state index contributed by atoms with van der Waals surface area (Å²) in [6, 6.07) is 9.66. The van der Waals surface area contributed by atoms with E-state index in [2.05, 4.69) is 24.1 Å². The van der Waals surface area contributed by atoms with Gasteiger partial charge in [-0.3, -0.25) is 4.79 Å². The SMILES string of the molecule is CN(C)C(C)(C)CNC(=O)CCCOc1ccccc1. The number of benzene rings is 1. The van der Waals surface area contributed by atoms with Crippen molar-refractivity contribution in [3.8, 4) is 5.75 Å². The van der Waals surface area contributed by atoms with Crippen molar-refractivity contribution in [2.24, 2.45) is 0 Å². The predicted octanol–water partition coefficient (Wildman–Crippen LogP) is 2.30. The molecule has 1 aromatic carbocycles. The molecule has 0 saturated heterocycles. The van der Waals surface area contributed by atoms with Gasteiger partial charge in [0.05, 0.1) is 6.61 Å². The number of nitrogens with one attached hydrogen (secondary N) is 1. The fraction of sp³-hybridized carbons (Fsp3) is 0.562. The van der Waals surface area contributed by atoms with Crippen molar-refractivity contribution in [2.75, 3.05) is 27.2 Å². The van der Waals surface area contributed by atoms with E-state index in [1.165, 1.54) is 0 Å². The van der Waals surface area contributed by atoms with E-state index >= 15 is 0 Å². The summed E-state index contributed by atoms with van der Waals surface area (Å²) in [5.74, 6) is 0.929. The molecule has 0 fully saturated rings. The lowest BCUT2D eigenvalue weighted by molar-refractivity contribution is -0.121. The number of para-hydroxylation sites is 1. The van der Waals surface area contributed by atoms with E-state index in [4.69, 9.17) is 4.74 Å². The second-order valence-electron chi connectivity index (χ2n) is 5.75. The van der Waals surface area contributed by atoms with Crippen molar-refractivity contribution in [2.45, 2.75) is 32.2 Å². The highest BCUT2D eigenvalue weighted by atomic mass is 16.5. The second-order valence-corrected chi connectivity index (χ2v) is 5.75. The number of likely N-dealkylation sites (N-methyl/N-ethyl adjacent to an activating group) is 1. The van der Waals surface area contributed by atoms with Gasteiger partial charge >= 0.3 is 0 Å². The van der Waals surface area contributed by atoms with Crippen LogP contribution in [0.2, 0.25) is 0 Å². The number of ether oxygens (including phenoxy) is 1. The molecule has 0 heterocycles. The van der Waals surface area contributed by atoms with Gasteiger partial charge in [-0.15, -0.1) is 0 Å². The van der Waals surface area contributed by atoms with E-state index in [0.717, 1.165) is 12.2 Å². The Morgan fingerprint density at radius 1 is 1.25 bits per heavy atom. The Kier molecular flexibility index (Phi) is 6.52. The molecule has 1 N–H and O–H groups in total. The highest BCUT2D eigenvalue weighted by Crippen LogP contribution is 2.09. The summed E-state index contributed by atoms with van der Waals surface area (Å²) in [5, 5.41) is 2.97. The Morgan fingerprint density at radius 2 is 1.90 bits per heavy atom. The first-order chi connectivity index (χ1) is 9.42. The fourth-order valence-corrected chi connectivity index (χ4v) is 1.50. The van der Waals surface area contributed by atoms with Crippen molar-refractivity contribution in [3.05, 3.63) is 30.3 Å². The van der Waals surface area contributed by atoms with Gasteiger partial charge < -0.3 is 15.0 Å². The van der Waals surface area contributed by atoms with Crippen LogP contribution in [-0.2, 0) is 4.79 Å². The Labute approximate surface area is 122 Å². The van der Waals surface area contributed by atoms with Gasteiger partial charge in [0.1, 0.15) is 5.75 Å². The van der Waals surface area contributed by atoms with Gasteiger partial charge in [-0.25, -0.2) is 0 Å². The molecule has 4 heteroatoms. The lowest BCUT2D eigenvalue weighted by Gasteiger charge is -2.32. The summed E-state index contributed by atoms with van der Waals surface area (Å²) in [6.45, 7) is 5.42. The van der Waals surface area contributed by atoms with E-state index in [1.807, 2.05) is 44.4 Å². The quantitative estimate of drug-likeness (QED) is 0.742. The number of nitrogens with zero attached hydrogens (tertiary/aromatic N) is 1. The minimum absolute atomic E-state index is 0.0315. The van der Waals surface area contributed by atoms with Crippen LogP contribution in [0, 0.1) is 0 Å². The molecule has 20 heavy (non-hydrogen) atoms. The average molecular weight is 278 g/mol. The Bertz CT molecular complexity index is 402. The van der Waals surface area contributed by atoms with Crippen LogP contribution in [0.4, 0.5) is 0 Å². The van der Waals surface area contributed by atoms with E-state index in [9.17, 15) is 4.79 Å². The Balaban J connectivity index is 2.15. The normalized spacial score (nSPS) is 11.4. The summed E-state index contributed by atoms with van der Waals surface area (Å²) in [4.78, 5) is 13.8. The largest absolute Gasteiger partial charge is 0.494 e. The topological polar surface area (TPSA) is 41.6 Å². The van der Waals surface area contributed by atoms with Gasteiger partial charge in [0.15, 0.2) is 0 Å². The zero-order valence-electron chi connectivity index (χ0n) is 13.0. The van der Waals surface area contributed by atoms with Crippen molar-refractivity contribution >= 4 is 5.91 Å². The highest BCUT2D eigenvalue weighted by Gasteiger charge is 2.20. The van der Waals surface area contributed by atoms with Gasteiger partial charge in [0.2, 0.25) is 5.91 Å². The summed E-state index contributed by atoms with van der Waals surface area (Å²) < 4.78 is 5.55.